The second kappa shape index (κ2) is 14.1. The summed E-state index contributed by atoms with van der Waals surface area (Å²) in [5, 5.41) is 13.1. The maximum absolute atomic E-state index is 11.6. The van der Waals surface area contributed by atoms with Crippen LogP contribution in [0.1, 0.15) is 22.3 Å². The Bertz CT molecular complexity index is 1350. The van der Waals surface area contributed by atoms with Gasteiger partial charge in [-0.05, 0) is 39.9 Å². The third kappa shape index (κ3) is 9.10. The van der Waals surface area contributed by atoms with Crippen molar-refractivity contribution < 1.29 is 23.9 Å². The second-order valence-corrected chi connectivity index (χ2v) is 10.6. The van der Waals surface area contributed by atoms with Crippen LogP contribution in [0.3, 0.4) is 0 Å². The summed E-state index contributed by atoms with van der Waals surface area (Å²) in [6.45, 7) is 1.66. The summed E-state index contributed by atoms with van der Waals surface area (Å²) in [4.78, 5) is 11.6. The van der Waals surface area contributed by atoms with Gasteiger partial charge >= 0.3 is 5.97 Å². The first-order valence-electron chi connectivity index (χ1n) is 13.1. The summed E-state index contributed by atoms with van der Waals surface area (Å²) in [6.07, 6.45) is 1.69. The molecule has 6 rings (SSSR count). The first-order chi connectivity index (χ1) is 18.3. The zero-order valence-electron chi connectivity index (χ0n) is 23.0. The Kier molecular flexibility index (Phi) is 10.9. The van der Waals surface area contributed by atoms with Gasteiger partial charge in [-0.3, -0.25) is 4.79 Å². The Morgan fingerprint density at radius 1 is 0.897 bits per heavy atom. The highest BCUT2D eigenvalue weighted by atomic mass is 35.5. The lowest BCUT2D eigenvalue weighted by molar-refractivity contribution is -0.893. The van der Waals surface area contributed by atoms with Gasteiger partial charge in [-0.2, -0.15) is 0 Å². The molecule has 0 aromatic heterocycles. The van der Waals surface area contributed by atoms with Gasteiger partial charge in [-0.1, -0.05) is 84.9 Å². The number of methoxy groups -OCH3 is 1. The van der Waals surface area contributed by atoms with Gasteiger partial charge in [0.25, 0.3) is 0 Å². The number of aliphatic hydroxyl groups excluding tert-OH is 1. The number of hydrogen-bond donors (Lipinski definition) is 1. The fraction of sp³-hybridized carbons (Fsp3) is 0.303. The number of likely N-dealkylation sites (N-methyl/N-ethyl adjacent to an activating group) is 1. The average molecular weight is 549 g/mol. The van der Waals surface area contributed by atoms with E-state index in [-0.39, 0.29) is 31.4 Å². The molecule has 0 saturated carbocycles. The van der Waals surface area contributed by atoms with Gasteiger partial charge in [0.2, 0.25) is 0 Å². The lowest BCUT2D eigenvalue weighted by Crippen LogP contribution is -2.48. The molecule has 0 fully saturated rings. The number of para-hydroxylation sites is 1. The topological polar surface area (TPSA) is 55.8 Å². The number of halogens is 1. The predicted molar refractivity (Wildman–Crippen MR) is 160 cm³/mol. The Balaban J connectivity index is 0.000000448. The summed E-state index contributed by atoms with van der Waals surface area (Å²) < 4.78 is 11.3. The molecule has 0 aliphatic heterocycles. The van der Waals surface area contributed by atoms with E-state index in [2.05, 4.69) is 80.8 Å². The summed E-state index contributed by atoms with van der Waals surface area (Å²) in [6, 6.07) is 31.0. The average Bonchev–Trinajstić information content (AvgIpc) is 2.91. The summed E-state index contributed by atoms with van der Waals surface area (Å²) in [7, 11) is 5.61. The van der Waals surface area contributed by atoms with Crippen LogP contribution in [0, 0.1) is 0 Å². The van der Waals surface area contributed by atoms with E-state index >= 15 is 0 Å². The highest BCUT2D eigenvalue weighted by Gasteiger charge is 2.21. The number of hydrogen-bond acceptors (Lipinski definition) is 4. The van der Waals surface area contributed by atoms with Crippen molar-refractivity contribution in [3.05, 3.63) is 113 Å². The van der Waals surface area contributed by atoms with Gasteiger partial charge in [-0.25, -0.2) is 0 Å². The number of rotatable bonds is 10. The van der Waals surface area contributed by atoms with Crippen LogP contribution in [0.15, 0.2) is 91.0 Å². The first kappa shape index (κ1) is 30.2. The molecular weight excluding hydrogens is 510 g/mol. The Morgan fingerprint density at radius 2 is 1.56 bits per heavy atom. The van der Waals surface area contributed by atoms with E-state index in [9.17, 15) is 9.90 Å². The third-order valence-electron chi connectivity index (χ3n) is 6.89. The van der Waals surface area contributed by atoms with Crippen molar-refractivity contribution in [2.24, 2.45) is 0 Å². The summed E-state index contributed by atoms with van der Waals surface area (Å²) >= 11 is 0. The fourth-order valence-electron chi connectivity index (χ4n) is 4.70. The zero-order valence-corrected chi connectivity index (χ0v) is 23.8. The second-order valence-electron chi connectivity index (χ2n) is 10.6. The molecule has 0 spiro atoms. The monoisotopic (exact) mass is 548 g/mol. The minimum Gasteiger partial charge on any atom is -0.490 e. The number of fused-ring (bicyclic) bond motifs is 3. The highest BCUT2D eigenvalue weighted by Crippen LogP contribution is 2.20. The van der Waals surface area contributed by atoms with Crippen molar-refractivity contribution in [3.8, 4) is 5.75 Å². The molecule has 4 aromatic rings. The van der Waals surface area contributed by atoms with Gasteiger partial charge in [-0.15, -0.1) is 12.4 Å². The van der Waals surface area contributed by atoms with Gasteiger partial charge in [0.1, 0.15) is 25.0 Å². The SMILES string of the molecule is COC(=O)Cc1ccccc1OCC(O)C[N+](C)(C)CCc1ccc2ccccc2c1.Cl.c1cc2cc(c1)C2. The van der Waals surface area contributed by atoms with Crippen molar-refractivity contribution in [3.63, 3.8) is 0 Å². The van der Waals surface area contributed by atoms with Crippen LogP contribution in [0.5, 0.6) is 5.75 Å². The fourth-order valence-corrected chi connectivity index (χ4v) is 4.70. The van der Waals surface area contributed by atoms with Crippen molar-refractivity contribution in [1.29, 1.82) is 0 Å². The molecule has 0 heterocycles. The van der Waals surface area contributed by atoms with Crippen LogP contribution >= 0.6 is 12.4 Å². The number of nitrogens with zero attached hydrogens (tertiary/aromatic N) is 1. The molecule has 39 heavy (non-hydrogen) atoms. The molecule has 6 heteroatoms. The Labute approximate surface area is 238 Å². The predicted octanol–water partition coefficient (Wildman–Crippen LogP) is 5.63. The molecule has 2 bridgehead atoms. The molecule has 4 aromatic carbocycles. The minimum absolute atomic E-state index is 0. The summed E-state index contributed by atoms with van der Waals surface area (Å²) in [5.41, 5.74) is 5.02. The molecule has 0 amide bonds. The Morgan fingerprint density at radius 3 is 2.21 bits per heavy atom. The number of benzene rings is 4. The smallest absolute Gasteiger partial charge is 0.310 e. The maximum Gasteiger partial charge on any atom is 0.310 e. The van der Waals surface area contributed by atoms with Crippen LogP contribution in [0.4, 0.5) is 0 Å². The largest absolute Gasteiger partial charge is 0.490 e. The molecule has 0 saturated heterocycles. The van der Waals surface area contributed by atoms with Gasteiger partial charge < -0.3 is 19.1 Å². The third-order valence-corrected chi connectivity index (χ3v) is 6.89. The number of carbonyl (C=O) groups excluding carboxylic acids is 1. The lowest BCUT2D eigenvalue weighted by Gasteiger charge is -2.32. The molecule has 1 atom stereocenters. The number of ether oxygens (including phenoxy) is 2. The molecule has 206 valence electrons. The highest BCUT2D eigenvalue weighted by molar-refractivity contribution is 5.85. The lowest BCUT2D eigenvalue weighted by atomic mass is 9.94. The normalized spacial score (nSPS) is 12.3. The van der Waals surface area contributed by atoms with Crippen molar-refractivity contribution >= 4 is 29.1 Å². The van der Waals surface area contributed by atoms with Crippen LogP contribution in [-0.4, -0.2) is 62.6 Å². The minimum atomic E-state index is -0.613. The maximum atomic E-state index is 11.6. The van der Waals surface area contributed by atoms with Crippen LogP contribution in [0.25, 0.3) is 10.8 Å². The van der Waals surface area contributed by atoms with Gasteiger partial charge in [0.15, 0.2) is 0 Å². The molecule has 2 aliphatic carbocycles. The summed E-state index contributed by atoms with van der Waals surface area (Å²) in [5.74, 6) is 0.288. The Hall–Kier alpha value is -3.38. The molecule has 2 aliphatic rings. The molecule has 0 radical (unpaired) electrons. The number of quaternary nitrogens is 1. The van der Waals surface area contributed by atoms with Crippen LogP contribution in [0.2, 0.25) is 0 Å². The van der Waals surface area contributed by atoms with Crippen molar-refractivity contribution in [2.45, 2.75) is 25.4 Å². The van der Waals surface area contributed by atoms with Crippen molar-refractivity contribution in [2.75, 3.05) is 40.9 Å². The van der Waals surface area contributed by atoms with E-state index in [1.165, 1.54) is 41.0 Å². The number of esters is 1. The molecule has 5 nitrogen and oxygen atoms in total. The zero-order chi connectivity index (χ0) is 27.0. The van der Waals surface area contributed by atoms with Crippen LogP contribution in [-0.2, 0) is 28.8 Å². The van der Waals surface area contributed by atoms with E-state index in [4.69, 9.17) is 9.47 Å². The van der Waals surface area contributed by atoms with Crippen molar-refractivity contribution in [1.82, 2.24) is 0 Å². The van der Waals surface area contributed by atoms with Gasteiger partial charge in [0.05, 0.1) is 34.2 Å². The van der Waals surface area contributed by atoms with E-state index in [1.54, 1.807) is 0 Å². The number of carbonyl (C=O) groups is 1. The first-order valence-corrected chi connectivity index (χ1v) is 13.1. The van der Waals surface area contributed by atoms with E-state index in [0.29, 0.717) is 16.8 Å². The molecule has 1 N–H and O–H groups in total. The van der Waals surface area contributed by atoms with E-state index < -0.39 is 6.10 Å². The number of aliphatic hydroxyl groups is 1. The molecule has 1 unspecified atom stereocenters. The van der Waals surface area contributed by atoms with E-state index in [0.717, 1.165) is 18.5 Å². The molecular formula is C33H39ClNO4+. The van der Waals surface area contributed by atoms with Crippen LogP contribution < -0.4 is 4.74 Å². The standard InChI is InChI=1S/C26H32NO4.C7H6.ClH/c1-27(2,15-14-20-12-13-21-8-4-5-9-22(21)16-20)18-24(28)19-31-25-11-7-6-10-23(25)17-26(29)30-3;1-2-6-4-7(3-1)5-6;/h4-13,16,24,28H,14-15,17-19H2,1-3H3;1-4H,5H2;1H/q+1;;. The quantitative estimate of drug-likeness (QED) is 0.182. The van der Waals surface area contributed by atoms with Gasteiger partial charge in [0, 0.05) is 12.0 Å². The van der Waals surface area contributed by atoms with E-state index in [1.807, 2.05) is 24.3 Å².